The Morgan fingerprint density at radius 2 is 2.06 bits per heavy atom. The Morgan fingerprint density at radius 3 is 2.77 bits per heavy atom. The Bertz CT molecular complexity index is 936. The molecule has 1 N–H and O–H groups in total. The molecule has 2 aromatic rings. The van der Waals surface area contributed by atoms with Crippen LogP contribution in [0.5, 0.6) is 5.75 Å². The summed E-state index contributed by atoms with van der Waals surface area (Å²) in [5.74, 6) is 4.74. The van der Waals surface area contributed by atoms with Gasteiger partial charge in [0.15, 0.2) is 6.79 Å². The molecule has 0 radical (unpaired) electrons. The van der Waals surface area contributed by atoms with Gasteiger partial charge in [-0.25, -0.2) is 0 Å². The molecule has 0 amide bonds. The molecule has 31 heavy (non-hydrogen) atoms. The van der Waals surface area contributed by atoms with Crippen molar-refractivity contribution in [3.8, 4) is 29.4 Å². The van der Waals surface area contributed by atoms with Gasteiger partial charge in [0.1, 0.15) is 17.3 Å². The van der Waals surface area contributed by atoms with E-state index in [0.717, 1.165) is 42.1 Å². The van der Waals surface area contributed by atoms with Gasteiger partial charge < -0.3 is 19.7 Å². The maximum atomic E-state index is 5.92. The topological polar surface area (TPSA) is 59.5 Å². The average molecular weight is 421 g/mol. The van der Waals surface area contributed by atoms with Crippen LogP contribution in [0.25, 0.3) is 11.3 Å². The van der Waals surface area contributed by atoms with Crippen molar-refractivity contribution in [2.75, 3.05) is 38.9 Å². The summed E-state index contributed by atoms with van der Waals surface area (Å²) in [6, 6.07) is 8.41. The standard InChI is InChI=1S/C25H32N4O2/c1-4-18-11-12-21(23(14-18)31-17-30-5-2)25-22(19-8-6-9-19)15-24(27-28-25)26-20-10-7-13-29(3)16-20/h1,11-12,14-15,19-20H,5-10,13,16-17H2,2-3H3,(H,26,27)/t20-/m1/s1. The molecule has 1 aliphatic heterocycles. The van der Waals surface area contributed by atoms with E-state index in [4.69, 9.17) is 15.9 Å². The summed E-state index contributed by atoms with van der Waals surface area (Å²) < 4.78 is 11.3. The lowest BCUT2D eigenvalue weighted by molar-refractivity contribution is 0.0227. The zero-order valence-corrected chi connectivity index (χ0v) is 18.6. The minimum atomic E-state index is 0.179. The van der Waals surface area contributed by atoms with Crippen molar-refractivity contribution in [3.63, 3.8) is 0 Å². The maximum Gasteiger partial charge on any atom is 0.189 e. The second-order valence-corrected chi connectivity index (χ2v) is 8.52. The summed E-state index contributed by atoms with van der Waals surface area (Å²) in [6.07, 6.45) is 11.6. The number of aromatic nitrogens is 2. The Hall–Kier alpha value is -2.62. The fourth-order valence-corrected chi connectivity index (χ4v) is 4.33. The van der Waals surface area contributed by atoms with Gasteiger partial charge in [-0.3, -0.25) is 0 Å². The van der Waals surface area contributed by atoms with Crippen LogP contribution < -0.4 is 10.1 Å². The van der Waals surface area contributed by atoms with Crippen molar-refractivity contribution in [2.24, 2.45) is 0 Å². The largest absolute Gasteiger partial charge is 0.467 e. The minimum absolute atomic E-state index is 0.179. The molecule has 4 rings (SSSR count). The minimum Gasteiger partial charge on any atom is -0.467 e. The number of likely N-dealkylation sites (tertiary alicyclic amines) is 1. The number of terminal acetylenes is 1. The molecule has 1 aromatic heterocycles. The molecular weight excluding hydrogens is 388 g/mol. The monoisotopic (exact) mass is 420 g/mol. The molecule has 164 valence electrons. The van der Waals surface area contributed by atoms with Crippen molar-refractivity contribution in [1.29, 1.82) is 0 Å². The lowest BCUT2D eigenvalue weighted by atomic mass is 9.78. The van der Waals surface area contributed by atoms with E-state index in [1.807, 2.05) is 25.1 Å². The number of anilines is 1. The van der Waals surface area contributed by atoms with E-state index in [2.05, 4.69) is 39.4 Å². The first-order valence-corrected chi connectivity index (χ1v) is 11.3. The van der Waals surface area contributed by atoms with Crippen LogP contribution in [0.4, 0.5) is 5.82 Å². The van der Waals surface area contributed by atoms with Crippen molar-refractivity contribution in [1.82, 2.24) is 15.1 Å². The summed E-state index contributed by atoms with van der Waals surface area (Å²) in [5, 5.41) is 12.8. The summed E-state index contributed by atoms with van der Waals surface area (Å²) in [4.78, 5) is 2.37. The number of piperidine rings is 1. The Balaban J connectivity index is 1.65. The lowest BCUT2D eigenvalue weighted by Gasteiger charge is -2.31. The highest BCUT2D eigenvalue weighted by Gasteiger charge is 2.27. The molecule has 1 saturated carbocycles. The molecule has 1 saturated heterocycles. The van der Waals surface area contributed by atoms with Crippen molar-refractivity contribution in [2.45, 2.75) is 51.0 Å². The number of rotatable bonds is 8. The van der Waals surface area contributed by atoms with E-state index in [9.17, 15) is 0 Å². The predicted molar refractivity (Wildman–Crippen MR) is 123 cm³/mol. The van der Waals surface area contributed by atoms with Gasteiger partial charge in [0.2, 0.25) is 0 Å². The van der Waals surface area contributed by atoms with Crippen LogP contribution in [0.2, 0.25) is 0 Å². The Labute approximate surface area is 185 Å². The van der Waals surface area contributed by atoms with Crippen LogP contribution in [-0.4, -0.2) is 54.7 Å². The van der Waals surface area contributed by atoms with E-state index in [-0.39, 0.29) is 6.79 Å². The molecule has 1 aliphatic carbocycles. The number of nitrogens with zero attached hydrogens (tertiary/aromatic N) is 3. The third-order valence-corrected chi connectivity index (χ3v) is 6.25. The van der Waals surface area contributed by atoms with Gasteiger partial charge in [0.25, 0.3) is 0 Å². The van der Waals surface area contributed by atoms with Crippen LogP contribution >= 0.6 is 0 Å². The van der Waals surface area contributed by atoms with Gasteiger partial charge in [-0.05, 0) is 81.9 Å². The van der Waals surface area contributed by atoms with Gasteiger partial charge in [-0.15, -0.1) is 16.6 Å². The van der Waals surface area contributed by atoms with Gasteiger partial charge in [0.05, 0.1) is 0 Å². The summed E-state index contributed by atoms with van der Waals surface area (Å²) in [6.45, 7) is 4.91. The third kappa shape index (κ3) is 5.17. The summed E-state index contributed by atoms with van der Waals surface area (Å²) in [7, 11) is 2.17. The van der Waals surface area contributed by atoms with Crippen molar-refractivity contribution in [3.05, 3.63) is 35.4 Å². The highest BCUT2D eigenvalue weighted by atomic mass is 16.7. The SMILES string of the molecule is C#Cc1ccc(-c2nnc(N[C@@H]3CCCN(C)C3)cc2C2CCC2)c(OCOCC)c1. The zero-order valence-electron chi connectivity index (χ0n) is 18.6. The quantitative estimate of drug-likeness (QED) is 0.391. The highest BCUT2D eigenvalue weighted by molar-refractivity contribution is 5.72. The number of hydrogen-bond donors (Lipinski definition) is 1. The van der Waals surface area contributed by atoms with Crippen LogP contribution in [0, 0.1) is 12.3 Å². The second kappa shape index (κ2) is 10.1. The maximum absolute atomic E-state index is 5.92. The Kier molecular flexibility index (Phi) is 7.06. The number of ether oxygens (including phenoxy) is 2. The summed E-state index contributed by atoms with van der Waals surface area (Å²) >= 11 is 0. The van der Waals surface area contributed by atoms with Gasteiger partial charge in [-0.2, -0.15) is 0 Å². The molecule has 0 spiro atoms. The fourth-order valence-electron chi connectivity index (χ4n) is 4.33. The molecule has 1 aromatic carbocycles. The molecule has 0 bridgehead atoms. The lowest BCUT2D eigenvalue weighted by Crippen LogP contribution is -2.40. The first kappa shape index (κ1) is 21.6. The second-order valence-electron chi connectivity index (χ2n) is 8.52. The average Bonchev–Trinajstić information content (AvgIpc) is 2.73. The Morgan fingerprint density at radius 1 is 1.19 bits per heavy atom. The van der Waals surface area contributed by atoms with Crippen LogP contribution in [-0.2, 0) is 4.74 Å². The van der Waals surface area contributed by atoms with E-state index >= 15 is 0 Å². The van der Waals surface area contributed by atoms with Crippen LogP contribution in [0.1, 0.15) is 56.1 Å². The van der Waals surface area contributed by atoms with Crippen molar-refractivity contribution >= 4 is 5.82 Å². The molecule has 1 atom stereocenters. The molecule has 2 fully saturated rings. The predicted octanol–water partition coefficient (Wildman–Crippen LogP) is 4.27. The van der Waals surface area contributed by atoms with Gasteiger partial charge in [-0.1, -0.05) is 12.3 Å². The molecule has 2 heterocycles. The molecule has 6 heteroatoms. The normalized spacial score (nSPS) is 19.5. The molecule has 6 nitrogen and oxygen atoms in total. The number of likely N-dealkylation sites (N-methyl/N-ethyl adjacent to an activating group) is 1. The summed E-state index contributed by atoms with van der Waals surface area (Å²) in [5.41, 5.74) is 3.80. The highest BCUT2D eigenvalue weighted by Crippen LogP contribution is 2.43. The van der Waals surface area contributed by atoms with E-state index in [1.165, 1.54) is 31.2 Å². The van der Waals surface area contributed by atoms with E-state index in [1.54, 1.807) is 0 Å². The number of hydrogen-bond acceptors (Lipinski definition) is 6. The van der Waals surface area contributed by atoms with E-state index in [0.29, 0.717) is 24.3 Å². The molecule has 0 unspecified atom stereocenters. The fraction of sp³-hybridized carbons (Fsp3) is 0.520. The molecule has 2 aliphatic rings. The molecular formula is C25H32N4O2. The smallest absolute Gasteiger partial charge is 0.189 e. The van der Waals surface area contributed by atoms with Crippen molar-refractivity contribution < 1.29 is 9.47 Å². The number of nitrogens with one attached hydrogen (secondary N) is 1. The first-order chi connectivity index (χ1) is 15.2. The third-order valence-electron chi connectivity index (χ3n) is 6.25. The van der Waals surface area contributed by atoms with Crippen LogP contribution in [0.3, 0.4) is 0 Å². The van der Waals surface area contributed by atoms with Crippen LogP contribution in [0.15, 0.2) is 24.3 Å². The van der Waals surface area contributed by atoms with Gasteiger partial charge >= 0.3 is 0 Å². The zero-order chi connectivity index (χ0) is 21.6. The van der Waals surface area contributed by atoms with E-state index < -0.39 is 0 Å². The first-order valence-electron chi connectivity index (χ1n) is 11.3. The van der Waals surface area contributed by atoms with Gasteiger partial charge in [0, 0.05) is 30.3 Å². The number of benzene rings is 1.